The first-order valence-electron chi connectivity index (χ1n) is 6.71. The average Bonchev–Trinajstić information content (AvgIpc) is 2.90. The number of nitrogens with zero attached hydrogens (tertiary/aromatic N) is 1. The number of rotatable bonds is 1. The molecule has 0 fully saturated rings. The smallest absolute Gasteiger partial charge is 0.151 e. The van der Waals surface area contributed by atoms with Gasteiger partial charge in [0.2, 0.25) is 0 Å². The summed E-state index contributed by atoms with van der Waals surface area (Å²) in [7, 11) is 0. The number of hydrogen-bond donors (Lipinski definition) is 1. The van der Waals surface area contributed by atoms with Gasteiger partial charge in [-0.3, -0.25) is 0 Å². The molecule has 1 aliphatic rings. The standard InChI is InChI=1S/C16H14N2O/c1-2-6-12-11(4-1)5-3-7-13(12)16-14-10-17-9-8-15(14)19-18-16/h1-7,17H,8-10H2/p+1. The SMILES string of the molecule is c1ccc2c(-c3noc4c3C[NH2+]CC4)cccc2c1. The van der Waals surface area contributed by atoms with E-state index < -0.39 is 0 Å². The van der Waals surface area contributed by atoms with E-state index in [9.17, 15) is 0 Å². The first-order chi connectivity index (χ1) is 9.43. The fraction of sp³-hybridized carbons (Fsp3) is 0.188. The van der Waals surface area contributed by atoms with Gasteiger partial charge in [0.1, 0.15) is 12.2 Å². The van der Waals surface area contributed by atoms with Crippen molar-refractivity contribution in [1.29, 1.82) is 0 Å². The maximum atomic E-state index is 5.52. The summed E-state index contributed by atoms with van der Waals surface area (Å²) >= 11 is 0. The molecule has 0 aliphatic carbocycles. The predicted octanol–water partition coefficient (Wildman–Crippen LogP) is 2.11. The zero-order valence-electron chi connectivity index (χ0n) is 10.6. The number of aromatic nitrogens is 1. The fourth-order valence-electron chi connectivity index (χ4n) is 2.87. The molecule has 0 unspecified atom stereocenters. The lowest BCUT2D eigenvalue weighted by Crippen LogP contribution is -2.84. The van der Waals surface area contributed by atoms with E-state index in [1.165, 1.54) is 21.9 Å². The molecule has 3 nitrogen and oxygen atoms in total. The molecular weight excluding hydrogens is 236 g/mol. The third kappa shape index (κ3) is 1.66. The van der Waals surface area contributed by atoms with Crippen LogP contribution in [0.2, 0.25) is 0 Å². The fourth-order valence-corrected chi connectivity index (χ4v) is 2.87. The van der Waals surface area contributed by atoms with E-state index in [0.29, 0.717) is 0 Å². The number of quaternary nitrogens is 1. The largest absolute Gasteiger partial charge is 0.360 e. The molecule has 2 aromatic carbocycles. The van der Waals surface area contributed by atoms with Gasteiger partial charge < -0.3 is 9.84 Å². The van der Waals surface area contributed by atoms with Crippen LogP contribution in [0.25, 0.3) is 22.0 Å². The molecule has 0 atom stereocenters. The molecule has 3 aromatic rings. The van der Waals surface area contributed by atoms with E-state index in [1.807, 2.05) is 0 Å². The first kappa shape index (κ1) is 10.8. The van der Waals surface area contributed by atoms with Crippen molar-refractivity contribution in [1.82, 2.24) is 5.16 Å². The molecule has 3 heteroatoms. The van der Waals surface area contributed by atoms with Crippen LogP contribution >= 0.6 is 0 Å². The van der Waals surface area contributed by atoms with E-state index in [0.717, 1.165) is 31.0 Å². The van der Waals surface area contributed by atoms with Gasteiger partial charge in [-0.1, -0.05) is 47.6 Å². The Labute approximate surface area is 111 Å². The van der Waals surface area contributed by atoms with Crippen molar-refractivity contribution < 1.29 is 9.84 Å². The molecule has 2 heterocycles. The summed E-state index contributed by atoms with van der Waals surface area (Å²) in [5, 5.41) is 9.13. The van der Waals surface area contributed by atoms with Crippen LogP contribution in [0.5, 0.6) is 0 Å². The lowest BCUT2D eigenvalue weighted by molar-refractivity contribution is -0.673. The molecular formula is C16H15N2O+. The number of hydrogen-bond acceptors (Lipinski definition) is 2. The van der Waals surface area contributed by atoms with Crippen LogP contribution in [0.3, 0.4) is 0 Å². The lowest BCUT2D eigenvalue weighted by atomic mass is 9.97. The quantitative estimate of drug-likeness (QED) is 0.720. The topological polar surface area (TPSA) is 42.6 Å². The van der Waals surface area contributed by atoms with E-state index in [4.69, 9.17) is 4.52 Å². The van der Waals surface area contributed by atoms with E-state index in [-0.39, 0.29) is 0 Å². The van der Waals surface area contributed by atoms with Gasteiger partial charge in [-0.15, -0.1) is 0 Å². The zero-order chi connectivity index (χ0) is 12.7. The summed E-state index contributed by atoms with van der Waals surface area (Å²) in [5.41, 5.74) is 3.46. The van der Waals surface area contributed by atoms with Crippen LogP contribution in [-0.2, 0) is 13.0 Å². The van der Waals surface area contributed by atoms with Crippen molar-refractivity contribution in [2.75, 3.05) is 6.54 Å². The van der Waals surface area contributed by atoms with Crippen LogP contribution in [0.4, 0.5) is 0 Å². The third-order valence-corrected chi connectivity index (χ3v) is 3.84. The summed E-state index contributed by atoms with van der Waals surface area (Å²) in [4.78, 5) is 0. The molecule has 4 rings (SSSR count). The Morgan fingerprint density at radius 1 is 1.05 bits per heavy atom. The molecule has 1 aromatic heterocycles. The van der Waals surface area contributed by atoms with Gasteiger partial charge in [-0.05, 0) is 10.8 Å². The molecule has 0 amide bonds. The summed E-state index contributed by atoms with van der Waals surface area (Å²) in [6, 6.07) is 14.8. The Morgan fingerprint density at radius 2 is 1.95 bits per heavy atom. The molecule has 0 spiro atoms. The normalized spacial score (nSPS) is 14.5. The monoisotopic (exact) mass is 251 g/mol. The summed E-state index contributed by atoms with van der Waals surface area (Å²) in [6.45, 7) is 2.06. The van der Waals surface area contributed by atoms with Crippen molar-refractivity contribution in [3.05, 3.63) is 53.8 Å². The van der Waals surface area contributed by atoms with E-state index >= 15 is 0 Å². The van der Waals surface area contributed by atoms with Gasteiger partial charge in [0, 0.05) is 5.56 Å². The second-order valence-electron chi connectivity index (χ2n) is 4.99. The van der Waals surface area contributed by atoms with Gasteiger partial charge in [0.15, 0.2) is 5.76 Å². The number of benzene rings is 2. The summed E-state index contributed by atoms with van der Waals surface area (Å²) in [5.74, 6) is 1.06. The van der Waals surface area contributed by atoms with Crippen LogP contribution < -0.4 is 5.32 Å². The van der Waals surface area contributed by atoms with Gasteiger partial charge in [-0.2, -0.15) is 0 Å². The minimum Gasteiger partial charge on any atom is -0.360 e. The number of nitrogens with two attached hydrogens (primary N) is 1. The maximum absolute atomic E-state index is 5.52. The second kappa shape index (κ2) is 4.21. The van der Waals surface area contributed by atoms with Crippen LogP contribution in [0.15, 0.2) is 47.0 Å². The highest BCUT2D eigenvalue weighted by atomic mass is 16.5. The molecule has 0 saturated carbocycles. The van der Waals surface area contributed by atoms with Gasteiger partial charge in [0.25, 0.3) is 0 Å². The first-order valence-corrected chi connectivity index (χ1v) is 6.71. The molecule has 0 radical (unpaired) electrons. The highest BCUT2D eigenvalue weighted by Gasteiger charge is 2.23. The summed E-state index contributed by atoms with van der Waals surface area (Å²) in [6.07, 6.45) is 0.979. The lowest BCUT2D eigenvalue weighted by Gasteiger charge is -2.09. The Morgan fingerprint density at radius 3 is 2.95 bits per heavy atom. The minimum atomic E-state index is 0.970. The highest BCUT2D eigenvalue weighted by molar-refractivity contribution is 5.96. The Bertz CT molecular complexity index is 740. The van der Waals surface area contributed by atoms with Crippen molar-refractivity contribution in [3.63, 3.8) is 0 Å². The van der Waals surface area contributed by atoms with Gasteiger partial charge in [-0.25, -0.2) is 0 Å². The molecule has 2 N–H and O–H groups in total. The molecule has 19 heavy (non-hydrogen) atoms. The minimum absolute atomic E-state index is 0.970. The molecule has 94 valence electrons. The summed E-state index contributed by atoms with van der Waals surface area (Å²) < 4.78 is 5.52. The van der Waals surface area contributed by atoms with Gasteiger partial charge >= 0.3 is 0 Å². The molecule has 0 saturated heterocycles. The van der Waals surface area contributed by atoms with E-state index in [1.54, 1.807) is 0 Å². The van der Waals surface area contributed by atoms with Crippen LogP contribution in [-0.4, -0.2) is 11.7 Å². The maximum Gasteiger partial charge on any atom is 0.151 e. The Balaban J connectivity index is 1.98. The molecule has 0 bridgehead atoms. The Hall–Kier alpha value is -2.13. The third-order valence-electron chi connectivity index (χ3n) is 3.84. The van der Waals surface area contributed by atoms with Crippen molar-refractivity contribution in [2.45, 2.75) is 13.0 Å². The molecule has 1 aliphatic heterocycles. The number of fused-ring (bicyclic) bond motifs is 2. The van der Waals surface area contributed by atoms with Crippen LogP contribution in [0.1, 0.15) is 11.3 Å². The second-order valence-corrected chi connectivity index (χ2v) is 4.99. The van der Waals surface area contributed by atoms with Crippen LogP contribution in [0, 0.1) is 0 Å². The average molecular weight is 251 g/mol. The Kier molecular flexibility index (Phi) is 2.38. The highest BCUT2D eigenvalue weighted by Crippen LogP contribution is 2.31. The van der Waals surface area contributed by atoms with Crippen molar-refractivity contribution in [2.24, 2.45) is 0 Å². The van der Waals surface area contributed by atoms with E-state index in [2.05, 4.69) is 52.9 Å². The zero-order valence-corrected chi connectivity index (χ0v) is 10.6. The van der Waals surface area contributed by atoms with Crippen molar-refractivity contribution in [3.8, 4) is 11.3 Å². The van der Waals surface area contributed by atoms with Crippen molar-refractivity contribution >= 4 is 10.8 Å². The predicted molar refractivity (Wildman–Crippen MR) is 73.6 cm³/mol. The van der Waals surface area contributed by atoms with Gasteiger partial charge in [0.05, 0.1) is 18.5 Å².